The van der Waals surface area contributed by atoms with Crippen LogP contribution in [0.2, 0.25) is 0 Å². The molecule has 1 aliphatic rings. The van der Waals surface area contributed by atoms with Crippen LogP contribution < -0.4 is 11.1 Å². The first-order chi connectivity index (χ1) is 6.14. The van der Waals surface area contributed by atoms with Crippen molar-refractivity contribution in [3.05, 3.63) is 0 Å². The normalized spacial score (nSPS) is 25.6. The molecule has 1 heterocycles. The molecule has 0 radical (unpaired) electrons. The molecule has 2 heteroatoms. The Bertz CT molecular complexity index is 135. The lowest BCUT2D eigenvalue weighted by Crippen LogP contribution is -2.30. The van der Waals surface area contributed by atoms with Crippen molar-refractivity contribution in [2.24, 2.45) is 17.1 Å². The molecule has 0 saturated carbocycles. The van der Waals surface area contributed by atoms with Gasteiger partial charge in [0.25, 0.3) is 0 Å². The number of rotatable bonds is 3. The lowest BCUT2D eigenvalue weighted by Gasteiger charge is -2.27. The van der Waals surface area contributed by atoms with Gasteiger partial charge in [-0.25, -0.2) is 0 Å². The van der Waals surface area contributed by atoms with Crippen molar-refractivity contribution in [3.8, 4) is 0 Å². The minimum absolute atomic E-state index is 0.330. The minimum Gasteiger partial charge on any atom is -0.330 e. The van der Waals surface area contributed by atoms with Gasteiger partial charge < -0.3 is 11.1 Å². The molecule has 1 fully saturated rings. The summed E-state index contributed by atoms with van der Waals surface area (Å²) in [6, 6.07) is 0. The van der Waals surface area contributed by atoms with E-state index in [0.717, 1.165) is 12.5 Å². The second-order valence-electron chi connectivity index (χ2n) is 5.14. The van der Waals surface area contributed by atoms with E-state index in [9.17, 15) is 0 Å². The Labute approximate surface area is 82.3 Å². The smallest absolute Gasteiger partial charge is 0.00203 e. The highest BCUT2D eigenvalue weighted by atomic mass is 14.9. The number of hydrogen-bond acceptors (Lipinski definition) is 2. The van der Waals surface area contributed by atoms with Crippen LogP contribution in [0, 0.1) is 11.3 Å². The van der Waals surface area contributed by atoms with E-state index in [1.54, 1.807) is 0 Å². The summed E-state index contributed by atoms with van der Waals surface area (Å²) in [5, 5.41) is 3.50. The predicted octanol–water partition coefficient (Wildman–Crippen LogP) is 1.75. The Hall–Kier alpha value is -0.0800. The summed E-state index contributed by atoms with van der Waals surface area (Å²) in [5.74, 6) is 0.848. The maximum atomic E-state index is 5.74. The molecule has 1 aliphatic heterocycles. The molecule has 1 saturated heterocycles. The lowest BCUT2D eigenvalue weighted by atomic mass is 9.81. The minimum atomic E-state index is 0.330. The molecule has 2 nitrogen and oxygen atoms in total. The molecule has 1 atom stereocenters. The van der Waals surface area contributed by atoms with E-state index >= 15 is 0 Å². The van der Waals surface area contributed by atoms with Crippen LogP contribution in [-0.4, -0.2) is 19.6 Å². The van der Waals surface area contributed by atoms with E-state index < -0.39 is 0 Å². The van der Waals surface area contributed by atoms with Crippen molar-refractivity contribution in [2.75, 3.05) is 19.6 Å². The van der Waals surface area contributed by atoms with E-state index in [4.69, 9.17) is 5.73 Å². The van der Waals surface area contributed by atoms with Gasteiger partial charge in [-0.2, -0.15) is 0 Å². The van der Waals surface area contributed by atoms with Gasteiger partial charge in [-0.05, 0) is 50.2 Å². The number of hydrogen-bond donors (Lipinski definition) is 2. The van der Waals surface area contributed by atoms with Gasteiger partial charge in [-0.15, -0.1) is 0 Å². The van der Waals surface area contributed by atoms with E-state index in [0.29, 0.717) is 5.41 Å². The van der Waals surface area contributed by atoms with E-state index in [2.05, 4.69) is 19.2 Å². The Kier molecular flexibility index (Phi) is 4.20. The van der Waals surface area contributed by atoms with Crippen LogP contribution in [0.4, 0.5) is 0 Å². The van der Waals surface area contributed by atoms with Gasteiger partial charge in [0.1, 0.15) is 0 Å². The van der Waals surface area contributed by atoms with Crippen molar-refractivity contribution in [1.82, 2.24) is 5.32 Å². The van der Waals surface area contributed by atoms with Crippen LogP contribution in [0.25, 0.3) is 0 Å². The largest absolute Gasteiger partial charge is 0.330 e. The van der Waals surface area contributed by atoms with Crippen molar-refractivity contribution in [3.63, 3.8) is 0 Å². The van der Waals surface area contributed by atoms with Gasteiger partial charge in [-0.3, -0.25) is 0 Å². The third-order valence-corrected chi connectivity index (χ3v) is 3.04. The first-order valence-corrected chi connectivity index (χ1v) is 5.55. The second kappa shape index (κ2) is 4.97. The lowest BCUT2D eigenvalue weighted by molar-refractivity contribution is 0.265. The van der Waals surface area contributed by atoms with Crippen LogP contribution in [-0.2, 0) is 0 Å². The zero-order chi connectivity index (χ0) is 9.73. The number of nitrogens with one attached hydrogen (secondary N) is 1. The highest BCUT2D eigenvalue weighted by molar-refractivity contribution is 4.77. The summed E-state index contributed by atoms with van der Waals surface area (Å²) in [4.78, 5) is 0. The van der Waals surface area contributed by atoms with Crippen LogP contribution in [0.5, 0.6) is 0 Å². The fraction of sp³-hybridized carbons (Fsp3) is 1.00. The molecular formula is C11H24N2. The van der Waals surface area contributed by atoms with E-state index in [1.165, 1.54) is 38.8 Å². The van der Waals surface area contributed by atoms with Crippen molar-refractivity contribution < 1.29 is 0 Å². The molecule has 0 amide bonds. The van der Waals surface area contributed by atoms with Gasteiger partial charge in [0.2, 0.25) is 0 Å². The SMILES string of the molecule is CC(C)(CN)CC1CCCCNC1. The monoisotopic (exact) mass is 184 g/mol. The summed E-state index contributed by atoms with van der Waals surface area (Å²) in [5.41, 5.74) is 6.07. The Morgan fingerprint density at radius 1 is 1.38 bits per heavy atom. The molecule has 13 heavy (non-hydrogen) atoms. The van der Waals surface area contributed by atoms with E-state index in [1.807, 2.05) is 0 Å². The third-order valence-electron chi connectivity index (χ3n) is 3.04. The predicted molar refractivity (Wildman–Crippen MR) is 57.7 cm³/mol. The molecule has 0 aromatic rings. The molecule has 3 N–H and O–H groups in total. The second-order valence-corrected chi connectivity index (χ2v) is 5.14. The van der Waals surface area contributed by atoms with Crippen molar-refractivity contribution >= 4 is 0 Å². The topological polar surface area (TPSA) is 38.0 Å². The highest BCUT2D eigenvalue weighted by Gasteiger charge is 2.22. The van der Waals surface area contributed by atoms with Crippen molar-refractivity contribution in [2.45, 2.75) is 39.5 Å². The molecule has 0 aromatic heterocycles. The summed E-state index contributed by atoms with van der Waals surface area (Å²) >= 11 is 0. The molecule has 0 aromatic carbocycles. The standard InChI is InChI=1S/C11H24N2/c1-11(2,9-12)7-10-5-3-4-6-13-8-10/h10,13H,3-9,12H2,1-2H3. The fourth-order valence-corrected chi connectivity index (χ4v) is 2.13. The van der Waals surface area contributed by atoms with Crippen LogP contribution >= 0.6 is 0 Å². The van der Waals surface area contributed by atoms with Crippen LogP contribution in [0.1, 0.15) is 39.5 Å². The van der Waals surface area contributed by atoms with Gasteiger partial charge in [-0.1, -0.05) is 20.3 Å². The molecule has 0 bridgehead atoms. The van der Waals surface area contributed by atoms with Crippen LogP contribution in [0.15, 0.2) is 0 Å². The van der Waals surface area contributed by atoms with Crippen LogP contribution in [0.3, 0.4) is 0 Å². The first kappa shape index (κ1) is 11.0. The zero-order valence-corrected chi connectivity index (χ0v) is 9.10. The highest BCUT2D eigenvalue weighted by Crippen LogP contribution is 2.27. The Balaban J connectivity index is 2.33. The molecule has 1 rings (SSSR count). The first-order valence-electron chi connectivity index (χ1n) is 5.55. The average molecular weight is 184 g/mol. The Morgan fingerprint density at radius 3 is 2.85 bits per heavy atom. The molecule has 1 unspecified atom stereocenters. The zero-order valence-electron chi connectivity index (χ0n) is 9.10. The molecular weight excluding hydrogens is 160 g/mol. The quantitative estimate of drug-likeness (QED) is 0.701. The van der Waals surface area contributed by atoms with Gasteiger partial charge >= 0.3 is 0 Å². The number of nitrogens with two attached hydrogens (primary N) is 1. The van der Waals surface area contributed by atoms with Gasteiger partial charge in [0, 0.05) is 0 Å². The summed E-state index contributed by atoms with van der Waals surface area (Å²) in [6.45, 7) is 7.77. The summed E-state index contributed by atoms with van der Waals surface area (Å²) in [6.07, 6.45) is 5.39. The molecule has 78 valence electrons. The maximum absolute atomic E-state index is 5.74. The summed E-state index contributed by atoms with van der Waals surface area (Å²) in [7, 11) is 0. The fourth-order valence-electron chi connectivity index (χ4n) is 2.13. The van der Waals surface area contributed by atoms with Gasteiger partial charge in [0.05, 0.1) is 0 Å². The molecule has 0 aliphatic carbocycles. The molecule has 0 spiro atoms. The maximum Gasteiger partial charge on any atom is -0.00203 e. The third kappa shape index (κ3) is 4.10. The Morgan fingerprint density at radius 2 is 2.15 bits per heavy atom. The average Bonchev–Trinajstić information content (AvgIpc) is 2.32. The summed E-state index contributed by atoms with van der Waals surface area (Å²) < 4.78 is 0. The van der Waals surface area contributed by atoms with Crippen molar-refractivity contribution in [1.29, 1.82) is 0 Å². The van der Waals surface area contributed by atoms with Gasteiger partial charge in [0.15, 0.2) is 0 Å². The van der Waals surface area contributed by atoms with E-state index in [-0.39, 0.29) is 0 Å².